The third-order valence-corrected chi connectivity index (χ3v) is 10.7. The van der Waals surface area contributed by atoms with Crippen LogP contribution in [-0.4, -0.2) is 58.7 Å². The van der Waals surface area contributed by atoms with Crippen LogP contribution in [0.2, 0.25) is 0 Å². The zero-order valence-electron chi connectivity index (χ0n) is 31.0. The van der Waals surface area contributed by atoms with Gasteiger partial charge >= 0.3 is 11.9 Å². The Hall–Kier alpha value is -5.76. The van der Waals surface area contributed by atoms with Gasteiger partial charge in [-0.2, -0.15) is 0 Å². The first-order valence-electron chi connectivity index (χ1n) is 19.3. The first kappa shape index (κ1) is 35.3. The van der Waals surface area contributed by atoms with Crippen molar-refractivity contribution < 1.29 is 19.1 Å². The van der Waals surface area contributed by atoms with Crippen molar-refractivity contribution in [1.82, 2.24) is 9.80 Å². The average Bonchev–Trinajstić information content (AvgIpc) is 3.79. The number of allylic oxidation sites excluding steroid dienone is 2. The van der Waals surface area contributed by atoms with Crippen LogP contribution in [0.3, 0.4) is 0 Å². The molecule has 8 rings (SSSR count). The first-order valence-corrected chi connectivity index (χ1v) is 19.3. The van der Waals surface area contributed by atoms with Crippen LogP contribution in [0.15, 0.2) is 130 Å². The predicted octanol–water partition coefficient (Wildman–Crippen LogP) is 9.22. The molecule has 8 nitrogen and oxygen atoms in total. The lowest BCUT2D eigenvalue weighted by Gasteiger charge is -2.28. The van der Waals surface area contributed by atoms with Crippen LogP contribution in [0, 0.1) is 0 Å². The summed E-state index contributed by atoms with van der Waals surface area (Å²) in [4.78, 5) is 44.7. The monoisotopic (exact) mass is 718 g/mol. The molecule has 4 aliphatic rings. The summed E-state index contributed by atoms with van der Waals surface area (Å²) in [6, 6.07) is 36.0. The van der Waals surface area contributed by atoms with Crippen LogP contribution in [0.5, 0.6) is 0 Å². The van der Waals surface area contributed by atoms with Crippen molar-refractivity contribution in [2.24, 2.45) is 9.98 Å². The molecule has 54 heavy (non-hydrogen) atoms. The number of nitrogens with zero attached hydrogens (tertiary/aromatic N) is 4. The Morgan fingerprint density at radius 3 is 1.37 bits per heavy atom. The lowest BCUT2D eigenvalue weighted by Crippen LogP contribution is -2.35. The van der Waals surface area contributed by atoms with Crippen molar-refractivity contribution in [1.29, 1.82) is 0 Å². The van der Waals surface area contributed by atoms with Crippen LogP contribution in [-0.2, 0) is 32.2 Å². The number of amidine groups is 2. The normalized spacial score (nSPS) is 19.3. The molecule has 274 valence electrons. The number of benzene rings is 4. The van der Waals surface area contributed by atoms with Crippen LogP contribution in [0.1, 0.15) is 74.6 Å². The Bertz CT molecular complexity index is 2020. The lowest BCUT2D eigenvalue weighted by atomic mass is 9.85. The van der Waals surface area contributed by atoms with Gasteiger partial charge in [0.05, 0.1) is 22.5 Å². The van der Waals surface area contributed by atoms with Crippen molar-refractivity contribution in [3.8, 4) is 0 Å². The molecule has 8 heteroatoms. The highest BCUT2D eigenvalue weighted by molar-refractivity contribution is 6.17. The van der Waals surface area contributed by atoms with Gasteiger partial charge in [0.1, 0.15) is 11.7 Å². The smallest absolute Gasteiger partial charge is 0.340 e. The van der Waals surface area contributed by atoms with E-state index in [1.165, 1.54) is 0 Å². The maximum atomic E-state index is 15.2. The number of ether oxygens (including phenoxy) is 2. The second-order valence-electron chi connectivity index (χ2n) is 14.3. The zero-order chi connectivity index (χ0) is 37.0. The van der Waals surface area contributed by atoms with Gasteiger partial charge in [0.15, 0.2) is 12.2 Å². The standard InChI is InChI=1S/C46H46N4O4/c1-3-15-35(31-17-7-5-8-18-31)41(45(51)53-39-25-27-49-29-33-21-11-13-23-37(33)47-43(39)49)42(36(16-4-2)32-19-9-6-10-20-32)46(52)54-40-26-28-50-30-34-22-12-14-24-38(34)48-44(40)50/h5-14,17-24,39-40H,3-4,15-16,25-30H2,1-2H3/t39-,40-/m1/s1. The summed E-state index contributed by atoms with van der Waals surface area (Å²) in [5, 5.41) is 0. The van der Waals surface area contributed by atoms with Gasteiger partial charge in [-0.25, -0.2) is 19.6 Å². The minimum Gasteiger partial charge on any atom is -0.451 e. The van der Waals surface area contributed by atoms with Gasteiger partial charge in [-0.05, 0) is 58.4 Å². The molecule has 2 fully saturated rings. The lowest BCUT2D eigenvalue weighted by molar-refractivity contribution is -0.144. The SMILES string of the molecule is CCCC(=C(C(=O)O[C@@H]1CCN2Cc3ccccc3N=C12)C(C(=O)O[C@@H]1CCN2Cc3ccccc3N=C12)=C(CCC)c1ccccc1)c1ccccc1. The molecular weight excluding hydrogens is 673 g/mol. The van der Waals surface area contributed by atoms with Gasteiger partial charge in [-0.3, -0.25) is 0 Å². The van der Waals surface area contributed by atoms with E-state index in [4.69, 9.17) is 19.5 Å². The maximum Gasteiger partial charge on any atom is 0.340 e. The highest BCUT2D eigenvalue weighted by atomic mass is 16.6. The molecule has 0 bridgehead atoms. The van der Waals surface area contributed by atoms with Crippen molar-refractivity contribution in [2.75, 3.05) is 13.1 Å². The van der Waals surface area contributed by atoms with E-state index in [9.17, 15) is 0 Å². The van der Waals surface area contributed by atoms with E-state index in [1.807, 2.05) is 97.1 Å². The molecule has 4 heterocycles. The Kier molecular flexibility index (Phi) is 10.2. The molecule has 0 radical (unpaired) electrons. The number of carbonyl (C=O) groups excluding carboxylic acids is 2. The van der Waals surface area contributed by atoms with Crippen LogP contribution < -0.4 is 0 Å². The van der Waals surface area contributed by atoms with Gasteiger partial charge in [-0.1, -0.05) is 124 Å². The number of carbonyl (C=O) groups is 2. The first-order chi connectivity index (χ1) is 26.5. The number of hydrogen-bond acceptors (Lipinski definition) is 8. The summed E-state index contributed by atoms with van der Waals surface area (Å²) in [7, 11) is 0. The third kappa shape index (κ3) is 7.00. The predicted molar refractivity (Wildman–Crippen MR) is 213 cm³/mol. The Morgan fingerprint density at radius 1 is 0.574 bits per heavy atom. The molecule has 0 amide bonds. The molecule has 2 saturated heterocycles. The number of hydrogen-bond donors (Lipinski definition) is 0. The number of esters is 2. The third-order valence-electron chi connectivity index (χ3n) is 10.7. The quantitative estimate of drug-likeness (QED) is 0.0874. The fourth-order valence-electron chi connectivity index (χ4n) is 8.17. The summed E-state index contributed by atoms with van der Waals surface area (Å²) in [6.07, 6.45) is 2.76. The van der Waals surface area contributed by atoms with Crippen molar-refractivity contribution in [2.45, 2.75) is 77.7 Å². The number of para-hydroxylation sites is 2. The second kappa shape index (κ2) is 15.7. The van der Waals surface area contributed by atoms with E-state index in [2.05, 4.69) is 35.8 Å². The minimum atomic E-state index is -0.553. The maximum absolute atomic E-state index is 15.2. The Balaban J connectivity index is 1.26. The Morgan fingerprint density at radius 2 is 0.963 bits per heavy atom. The summed E-state index contributed by atoms with van der Waals surface area (Å²) in [5.74, 6) is 0.433. The topological polar surface area (TPSA) is 83.8 Å². The van der Waals surface area contributed by atoms with E-state index in [0.29, 0.717) is 25.7 Å². The second-order valence-corrected chi connectivity index (χ2v) is 14.3. The summed E-state index contributed by atoms with van der Waals surface area (Å²) in [6.45, 7) is 7.07. The van der Waals surface area contributed by atoms with Gasteiger partial charge in [0.2, 0.25) is 0 Å². The fraction of sp³-hybridized carbons (Fsp3) is 0.304. The molecule has 0 unspecified atom stereocenters. The van der Waals surface area contributed by atoms with E-state index < -0.39 is 24.1 Å². The molecular formula is C46H46N4O4. The number of fused-ring (bicyclic) bond motifs is 4. The highest BCUT2D eigenvalue weighted by Gasteiger charge is 2.41. The van der Waals surface area contributed by atoms with Crippen LogP contribution in [0.4, 0.5) is 11.4 Å². The molecule has 4 aromatic carbocycles. The van der Waals surface area contributed by atoms with Gasteiger partial charge in [-0.15, -0.1) is 0 Å². The molecule has 0 spiro atoms. The van der Waals surface area contributed by atoms with Crippen molar-refractivity contribution >= 4 is 46.1 Å². The molecule has 0 aromatic heterocycles. The van der Waals surface area contributed by atoms with Crippen molar-refractivity contribution in [3.05, 3.63) is 143 Å². The minimum absolute atomic E-state index is 0.265. The molecule has 0 saturated carbocycles. The average molecular weight is 719 g/mol. The zero-order valence-corrected chi connectivity index (χ0v) is 31.0. The number of rotatable bonds is 11. The summed E-state index contributed by atoms with van der Waals surface area (Å²) in [5.41, 5.74) is 7.91. The van der Waals surface area contributed by atoms with E-state index in [1.54, 1.807) is 0 Å². The van der Waals surface area contributed by atoms with Crippen molar-refractivity contribution in [3.63, 3.8) is 0 Å². The summed E-state index contributed by atoms with van der Waals surface area (Å²) >= 11 is 0. The largest absolute Gasteiger partial charge is 0.451 e. The Labute approximate surface area is 317 Å². The van der Waals surface area contributed by atoms with E-state index in [-0.39, 0.29) is 11.1 Å². The molecule has 0 N–H and O–H groups in total. The number of aliphatic imine (C=N–C) groups is 2. The molecule has 2 atom stereocenters. The molecule has 0 aliphatic carbocycles. The highest BCUT2D eigenvalue weighted by Crippen LogP contribution is 2.39. The van der Waals surface area contributed by atoms with E-state index in [0.717, 1.165) is 95.5 Å². The van der Waals surface area contributed by atoms with Gasteiger partial charge in [0, 0.05) is 39.0 Å². The fourth-order valence-corrected chi connectivity index (χ4v) is 8.17. The van der Waals surface area contributed by atoms with Crippen LogP contribution >= 0.6 is 0 Å². The summed E-state index contributed by atoms with van der Waals surface area (Å²) < 4.78 is 13.1. The van der Waals surface area contributed by atoms with Gasteiger partial charge in [0.25, 0.3) is 0 Å². The molecule has 4 aliphatic heterocycles. The van der Waals surface area contributed by atoms with Crippen LogP contribution in [0.25, 0.3) is 11.1 Å². The molecule has 4 aromatic rings. The van der Waals surface area contributed by atoms with E-state index >= 15 is 9.59 Å². The van der Waals surface area contributed by atoms with Gasteiger partial charge < -0.3 is 19.3 Å².